The fourth-order valence-electron chi connectivity index (χ4n) is 3.69. The molecule has 0 aliphatic carbocycles. The molecule has 7 heteroatoms. The second-order valence-corrected chi connectivity index (χ2v) is 6.86. The molecule has 0 unspecified atom stereocenters. The van der Waals surface area contributed by atoms with Gasteiger partial charge in [-0.25, -0.2) is 4.98 Å². The van der Waals surface area contributed by atoms with E-state index in [0.717, 1.165) is 33.1 Å². The van der Waals surface area contributed by atoms with Crippen molar-refractivity contribution in [3.05, 3.63) is 72.8 Å². The molecule has 3 heterocycles. The number of anilines is 1. The quantitative estimate of drug-likeness (QED) is 0.474. The van der Waals surface area contributed by atoms with Gasteiger partial charge in [0, 0.05) is 11.6 Å². The first-order valence-corrected chi connectivity index (χ1v) is 9.23. The summed E-state index contributed by atoms with van der Waals surface area (Å²) in [6, 6.07) is 24.1. The van der Waals surface area contributed by atoms with Crippen molar-refractivity contribution >= 4 is 33.3 Å². The Morgan fingerprint density at radius 2 is 1.69 bits per heavy atom. The normalized spacial score (nSPS) is 11.6. The van der Waals surface area contributed by atoms with E-state index in [9.17, 15) is 0 Å². The van der Waals surface area contributed by atoms with Crippen LogP contribution in [0.25, 0.3) is 50.2 Å². The third-order valence-electron chi connectivity index (χ3n) is 5.09. The molecule has 0 atom stereocenters. The van der Waals surface area contributed by atoms with E-state index in [-0.39, 0.29) is 0 Å². The number of rotatable bonds is 2. The number of para-hydroxylation sites is 2. The van der Waals surface area contributed by atoms with Gasteiger partial charge in [-0.2, -0.15) is 9.61 Å². The van der Waals surface area contributed by atoms with Gasteiger partial charge in [-0.1, -0.05) is 54.6 Å². The smallest absolute Gasteiger partial charge is 0.180 e. The van der Waals surface area contributed by atoms with Crippen LogP contribution >= 0.6 is 0 Å². The number of hydrogen-bond acceptors (Lipinski definition) is 5. The Morgan fingerprint density at radius 1 is 0.862 bits per heavy atom. The summed E-state index contributed by atoms with van der Waals surface area (Å²) in [6.07, 6.45) is 0. The SMILES string of the molecule is Nc1c(-c2nc3ccccc3[nH]2)nnc2cc(-c3cccc4ccccc34)nn12. The van der Waals surface area contributed by atoms with E-state index in [1.807, 2.05) is 54.6 Å². The molecule has 6 aromatic rings. The lowest BCUT2D eigenvalue weighted by Crippen LogP contribution is -2.06. The number of benzene rings is 3. The molecule has 3 aromatic heterocycles. The third-order valence-corrected chi connectivity index (χ3v) is 5.09. The number of hydrogen-bond donors (Lipinski definition) is 2. The van der Waals surface area contributed by atoms with E-state index >= 15 is 0 Å². The van der Waals surface area contributed by atoms with Gasteiger partial charge in [-0.15, -0.1) is 10.2 Å². The molecule has 138 valence electrons. The van der Waals surface area contributed by atoms with Crippen molar-refractivity contribution in [1.82, 2.24) is 29.8 Å². The summed E-state index contributed by atoms with van der Waals surface area (Å²) in [4.78, 5) is 7.82. The van der Waals surface area contributed by atoms with E-state index in [0.29, 0.717) is 23.0 Å². The van der Waals surface area contributed by atoms with Crippen LogP contribution in [0.3, 0.4) is 0 Å². The number of H-pyrrole nitrogens is 1. The number of aromatic amines is 1. The first-order valence-electron chi connectivity index (χ1n) is 9.23. The van der Waals surface area contributed by atoms with Gasteiger partial charge in [0.05, 0.1) is 16.7 Å². The van der Waals surface area contributed by atoms with Crippen molar-refractivity contribution in [2.45, 2.75) is 0 Å². The number of nitrogens with one attached hydrogen (secondary N) is 1. The Morgan fingerprint density at radius 3 is 2.62 bits per heavy atom. The van der Waals surface area contributed by atoms with Gasteiger partial charge in [-0.3, -0.25) is 0 Å². The van der Waals surface area contributed by atoms with Crippen molar-refractivity contribution in [2.75, 3.05) is 5.73 Å². The molecule has 0 saturated heterocycles. The highest BCUT2D eigenvalue weighted by Gasteiger charge is 2.17. The second-order valence-electron chi connectivity index (χ2n) is 6.86. The predicted molar refractivity (Wildman–Crippen MR) is 113 cm³/mol. The zero-order chi connectivity index (χ0) is 19.4. The van der Waals surface area contributed by atoms with E-state index in [4.69, 9.17) is 10.8 Å². The van der Waals surface area contributed by atoms with Crippen LogP contribution in [0.15, 0.2) is 72.8 Å². The van der Waals surface area contributed by atoms with Crippen molar-refractivity contribution < 1.29 is 0 Å². The molecule has 0 spiro atoms. The number of nitrogens with zero attached hydrogens (tertiary/aromatic N) is 5. The predicted octanol–water partition coefficient (Wildman–Crippen LogP) is 4.07. The highest BCUT2D eigenvalue weighted by atomic mass is 15.3. The Balaban J connectivity index is 1.54. The van der Waals surface area contributed by atoms with Crippen molar-refractivity contribution in [1.29, 1.82) is 0 Å². The maximum absolute atomic E-state index is 6.41. The van der Waals surface area contributed by atoms with E-state index in [2.05, 4.69) is 38.4 Å². The Bertz CT molecular complexity index is 1490. The molecule has 0 aliphatic rings. The maximum Gasteiger partial charge on any atom is 0.180 e. The number of imidazole rings is 1. The van der Waals surface area contributed by atoms with Gasteiger partial charge in [0.2, 0.25) is 0 Å². The van der Waals surface area contributed by atoms with E-state index in [1.165, 1.54) is 0 Å². The lowest BCUT2D eigenvalue weighted by Gasteiger charge is -2.04. The van der Waals surface area contributed by atoms with Gasteiger partial charge in [0.1, 0.15) is 0 Å². The number of fused-ring (bicyclic) bond motifs is 3. The van der Waals surface area contributed by atoms with Crippen LogP contribution in [-0.2, 0) is 0 Å². The Hall–Kier alpha value is -4.26. The topological polar surface area (TPSA) is 97.8 Å². The van der Waals surface area contributed by atoms with Crippen LogP contribution in [0.2, 0.25) is 0 Å². The summed E-state index contributed by atoms with van der Waals surface area (Å²) in [5, 5.41) is 15.6. The van der Waals surface area contributed by atoms with Gasteiger partial charge in [-0.05, 0) is 22.9 Å². The molecule has 0 aliphatic heterocycles. The van der Waals surface area contributed by atoms with Gasteiger partial charge in [0.25, 0.3) is 0 Å². The standard InChI is InChI=1S/C22H15N7/c23-21-20(22-24-16-10-3-4-11-17(16)25-22)27-26-19-12-18(28-29(19)21)15-9-5-7-13-6-1-2-8-14(13)15/h1-12H,23H2,(H,24,25). The summed E-state index contributed by atoms with van der Waals surface area (Å²) in [5.74, 6) is 0.959. The lowest BCUT2D eigenvalue weighted by molar-refractivity contribution is 0.904. The average molecular weight is 377 g/mol. The molecule has 3 N–H and O–H groups in total. The largest absolute Gasteiger partial charge is 0.382 e. The molecule has 3 aromatic carbocycles. The zero-order valence-electron chi connectivity index (χ0n) is 15.2. The molecular formula is C22H15N7. The van der Waals surface area contributed by atoms with Gasteiger partial charge in [0.15, 0.2) is 23.0 Å². The fraction of sp³-hybridized carbons (Fsp3) is 0. The highest BCUT2D eigenvalue weighted by Crippen LogP contribution is 2.30. The van der Waals surface area contributed by atoms with Crippen LogP contribution in [-0.4, -0.2) is 29.8 Å². The first-order chi connectivity index (χ1) is 14.3. The fourth-order valence-corrected chi connectivity index (χ4v) is 3.69. The summed E-state index contributed by atoms with van der Waals surface area (Å²) < 4.78 is 1.62. The highest BCUT2D eigenvalue weighted by molar-refractivity contribution is 5.96. The first kappa shape index (κ1) is 15.8. The minimum absolute atomic E-state index is 0.389. The molecule has 0 saturated carbocycles. The molecule has 0 amide bonds. The molecule has 0 radical (unpaired) electrons. The van der Waals surface area contributed by atoms with Gasteiger partial charge >= 0.3 is 0 Å². The summed E-state index contributed by atoms with van der Waals surface area (Å²) >= 11 is 0. The third kappa shape index (κ3) is 2.37. The lowest BCUT2D eigenvalue weighted by atomic mass is 10.0. The molecule has 29 heavy (non-hydrogen) atoms. The zero-order valence-corrected chi connectivity index (χ0v) is 15.2. The monoisotopic (exact) mass is 377 g/mol. The Labute approximate surface area is 164 Å². The number of nitrogens with two attached hydrogens (primary N) is 1. The summed E-state index contributed by atoms with van der Waals surface area (Å²) in [6.45, 7) is 0. The van der Waals surface area contributed by atoms with Crippen LogP contribution in [0, 0.1) is 0 Å². The molecular weight excluding hydrogens is 362 g/mol. The molecule has 6 rings (SSSR count). The summed E-state index contributed by atoms with van der Waals surface area (Å²) in [5.41, 5.74) is 11.1. The van der Waals surface area contributed by atoms with Crippen LogP contribution < -0.4 is 5.73 Å². The molecule has 0 fully saturated rings. The van der Waals surface area contributed by atoms with E-state index in [1.54, 1.807) is 4.52 Å². The minimum atomic E-state index is 0.389. The minimum Gasteiger partial charge on any atom is -0.382 e. The number of aromatic nitrogens is 6. The molecule has 7 nitrogen and oxygen atoms in total. The van der Waals surface area contributed by atoms with E-state index < -0.39 is 0 Å². The maximum atomic E-state index is 6.41. The second kappa shape index (κ2) is 5.87. The van der Waals surface area contributed by atoms with Crippen LogP contribution in [0.1, 0.15) is 0 Å². The van der Waals surface area contributed by atoms with Crippen molar-refractivity contribution in [3.8, 4) is 22.8 Å². The number of nitrogen functional groups attached to an aromatic ring is 1. The van der Waals surface area contributed by atoms with Crippen LogP contribution in [0.4, 0.5) is 5.82 Å². The average Bonchev–Trinajstić information content (AvgIpc) is 3.38. The van der Waals surface area contributed by atoms with Crippen LogP contribution in [0.5, 0.6) is 0 Å². The van der Waals surface area contributed by atoms with Crippen molar-refractivity contribution in [3.63, 3.8) is 0 Å². The molecule has 0 bridgehead atoms. The Kier molecular flexibility index (Phi) is 3.19. The van der Waals surface area contributed by atoms with Crippen molar-refractivity contribution in [2.24, 2.45) is 0 Å². The van der Waals surface area contributed by atoms with Gasteiger partial charge < -0.3 is 10.7 Å². The summed E-state index contributed by atoms with van der Waals surface area (Å²) in [7, 11) is 0.